The van der Waals surface area contributed by atoms with Crippen molar-refractivity contribution in [2.75, 3.05) is 6.61 Å². The lowest BCUT2D eigenvalue weighted by molar-refractivity contribution is -0.139. The molecular weight excluding hydrogens is 253 g/mol. The Balaban J connectivity index is 2.28. The predicted molar refractivity (Wildman–Crippen MR) is 68.3 cm³/mol. The summed E-state index contributed by atoms with van der Waals surface area (Å²) in [4.78, 5) is 0. The summed E-state index contributed by atoms with van der Waals surface area (Å²) in [6.07, 6.45) is -0.587. The molecule has 19 heavy (non-hydrogen) atoms. The first kappa shape index (κ1) is 14.0. The monoisotopic (exact) mass is 270 g/mol. The third-order valence-corrected chi connectivity index (χ3v) is 3.36. The maximum Gasteiger partial charge on any atom is 0.419 e. The van der Waals surface area contributed by atoms with Crippen molar-refractivity contribution in [1.82, 2.24) is 0 Å². The number of alkyl halides is 3. The Hall–Kier alpha value is -1.45. The second-order valence-corrected chi connectivity index (χ2v) is 5.03. The molecule has 0 radical (unpaired) electrons. The van der Waals surface area contributed by atoms with E-state index in [4.69, 9.17) is 4.74 Å². The van der Waals surface area contributed by atoms with E-state index >= 15 is 0 Å². The summed E-state index contributed by atoms with van der Waals surface area (Å²) in [5.41, 5.74) is 0.0851. The summed E-state index contributed by atoms with van der Waals surface area (Å²) in [5.74, 6) is 0.359. The van der Waals surface area contributed by atoms with Crippen molar-refractivity contribution >= 4 is 0 Å². The highest BCUT2D eigenvalue weighted by atomic mass is 19.4. The molecule has 104 valence electrons. The highest BCUT2D eigenvalue weighted by molar-refractivity contribution is 5.41. The van der Waals surface area contributed by atoms with Crippen LogP contribution in [0.2, 0.25) is 0 Å². The Bertz CT molecular complexity index is 461. The van der Waals surface area contributed by atoms with E-state index in [1.54, 1.807) is 6.08 Å². The van der Waals surface area contributed by atoms with Crippen LogP contribution in [0.15, 0.2) is 30.9 Å². The van der Waals surface area contributed by atoms with Gasteiger partial charge in [0.2, 0.25) is 0 Å². The first-order valence-corrected chi connectivity index (χ1v) is 6.38. The highest BCUT2D eigenvalue weighted by Crippen LogP contribution is 2.39. The van der Waals surface area contributed by atoms with Crippen LogP contribution in [-0.4, -0.2) is 6.61 Å². The Morgan fingerprint density at radius 1 is 1.42 bits per heavy atom. The first-order valence-electron chi connectivity index (χ1n) is 6.38. The fourth-order valence-corrected chi connectivity index (χ4v) is 1.80. The van der Waals surface area contributed by atoms with Gasteiger partial charge < -0.3 is 4.74 Å². The standard InChI is InChI=1S/C15H17F3O/c1-3-10(2)12-6-7-13(15(16,17)18)14(8-12)19-9-11-4-5-11/h3,6-8,10-11H,1,4-5,9H2,2H3/t10-/m0/s1. The van der Waals surface area contributed by atoms with Gasteiger partial charge in [-0.3, -0.25) is 0 Å². The molecule has 0 unspecified atom stereocenters. The largest absolute Gasteiger partial charge is 0.493 e. The molecule has 0 heterocycles. The number of allylic oxidation sites excluding steroid dienone is 1. The van der Waals surface area contributed by atoms with Crippen LogP contribution in [0, 0.1) is 5.92 Å². The minimum absolute atomic E-state index is 0.00515. The van der Waals surface area contributed by atoms with E-state index in [9.17, 15) is 13.2 Å². The maximum absolute atomic E-state index is 12.9. The van der Waals surface area contributed by atoms with Gasteiger partial charge in [-0.25, -0.2) is 0 Å². The minimum atomic E-state index is -4.38. The van der Waals surface area contributed by atoms with Crippen LogP contribution >= 0.6 is 0 Å². The van der Waals surface area contributed by atoms with Gasteiger partial charge in [-0.05, 0) is 42.4 Å². The van der Waals surface area contributed by atoms with Crippen LogP contribution in [-0.2, 0) is 6.18 Å². The second-order valence-electron chi connectivity index (χ2n) is 5.03. The molecule has 4 heteroatoms. The van der Waals surface area contributed by atoms with E-state index in [-0.39, 0.29) is 11.7 Å². The van der Waals surface area contributed by atoms with Gasteiger partial charge in [-0.2, -0.15) is 13.2 Å². The smallest absolute Gasteiger partial charge is 0.419 e. The Morgan fingerprint density at radius 2 is 2.11 bits per heavy atom. The lowest BCUT2D eigenvalue weighted by Gasteiger charge is -2.16. The van der Waals surface area contributed by atoms with Crippen molar-refractivity contribution in [2.24, 2.45) is 5.92 Å². The topological polar surface area (TPSA) is 9.23 Å². The second kappa shape index (κ2) is 5.27. The Labute approximate surface area is 111 Å². The third-order valence-electron chi connectivity index (χ3n) is 3.36. The van der Waals surface area contributed by atoms with E-state index in [0.717, 1.165) is 24.5 Å². The summed E-state index contributed by atoms with van der Waals surface area (Å²) in [7, 11) is 0. The molecule has 0 spiro atoms. The quantitative estimate of drug-likeness (QED) is 0.699. The SMILES string of the molecule is C=C[C@H](C)c1ccc(C(F)(F)F)c(OCC2CC2)c1. The molecule has 2 rings (SSSR count). The summed E-state index contributed by atoms with van der Waals surface area (Å²) in [6, 6.07) is 4.06. The molecule has 1 aromatic carbocycles. The molecule has 1 aromatic rings. The van der Waals surface area contributed by atoms with Gasteiger partial charge >= 0.3 is 6.18 Å². The van der Waals surface area contributed by atoms with E-state index in [1.165, 1.54) is 12.1 Å². The molecule has 1 nitrogen and oxygen atoms in total. The highest BCUT2D eigenvalue weighted by Gasteiger charge is 2.35. The molecular formula is C15H17F3O. The fraction of sp³-hybridized carbons (Fsp3) is 0.467. The molecule has 0 amide bonds. The third kappa shape index (κ3) is 3.52. The van der Waals surface area contributed by atoms with E-state index in [0.29, 0.717) is 12.5 Å². The van der Waals surface area contributed by atoms with Crippen LogP contribution in [0.3, 0.4) is 0 Å². The molecule has 0 aromatic heterocycles. The molecule has 1 fully saturated rings. The number of halogens is 3. The van der Waals surface area contributed by atoms with Crippen molar-refractivity contribution in [3.05, 3.63) is 42.0 Å². The molecule has 0 aliphatic heterocycles. The summed E-state index contributed by atoms with van der Waals surface area (Å²) < 4.78 is 44.1. The number of benzene rings is 1. The number of rotatable bonds is 5. The summed E-state index contributed by atoms with van der Waals surface area (Å²) in [5, 5.41) is 0. The van der Waals surface area contributed by atoms with Crippen molar-refractivity contribution in [3.8, 4) is 5.75 Å². The van der Waals surface area contributed by atoms with Crippen molar-refractivity contribution in [2.45, 2.75) is 31.9 Å². The van der Waals surface area contributed by atoms with Gasteiger partial charge in [0.25, 0.3) is 0 Å². The first-order chi connectivity index (χ1) is 8.91. The van der Waals surface area contributed by atoms with Gasteiger partial charge in [0.05, 0.1) is 12.2 Å². The zero-order valence-electron chi connectivity index (χ0n) is 10.8. The zero-order valence-corrected chi connectivity index (χ0v) is 10.8. The van der Waals surface area contributed by atoms with Crippen molar-refractivity contribution < 1.29 is 17.9 Å². The molecule has 0 N–H and O–H groups in total. The minimum Gasteiger partial charge on any atom is -0.493 e. The van der Waals surface area contributed by atoms with E-state index < -0.39 is 11.7 Å². The van der Waals surface area contributed by atoms with Crippen LogP contribution in [0.5, 0.6) is 5.75 Å². The summed E-state index contributed by atoms with van der Waals surface area (Å²) >= 11 is 0. The molecule has 1 aliphatic rings. The van der Waals surface area contributed by atoms with E-state index in [2.05, 4.69) is 6.58 Å². The van der Waals surface area contributed by atoms with Crippen LogP contribution in [0.25, 0.3) is 0 Å². The number of ether oxygens (including phenoxy) is 1. The normalized spacial score (nSPS) is 17.1. The number of hydrogen-bond acceptors (Lipinski definition) is 1. The Morgan fingerprint density at radius 3 is 2.63 bits per heavy atom. The average molecular weight is 270 g/mol. The lowest BCUT2D eigenvalue weighted by Crippen LogP contribution is -2.10. The van der Waals surface area contributed by atoms with E-state index in [1.807, 2.05) is 6.92 Å². The van der Waals surface area contributed by atoms with Crippen molar-refractivity contribution in [3.63, 3.8) is 0 Å². The lowest BCUT2D eigenvalue weighted by atomic mass is 9.99. The molecule has 1 atom stereocenters. The molecule has 1 saturated carbocycles. The summed E-state index contributed by atoms with van der Waals surface area (Å²) in [6.45, 7) is 5.92. The van der Waals surface area contributed by atoms with Gasteiger partial charge in [0.15, 0.2) is 0 Å². The van der Waals surface area contributed by atoms with Crippen LogP contribution in [0.1, 0.15) is 36.8 Å². The molecule has 0 bridgehead atoms. The Kier molecular flexibility index (Phi) is 3.88. The van der Waals surface area contributed by atoms with Crippen LogP contribution < -0.4 is 4.74 Å². The van der Waals surface area contributed by atoms with Gasteiger partial charge in [-0.15, -0.1) is 6.58 Å². The number of hydrogen-bond donors (Lipinski definition) is 0. The van der Waals surface area contributed by atoms with Crippen molar-refractivity contribution in [1.29, 1.82) is 0 Å². The fourth-order valence-electron chi connectivity index (χ4n) is 1.80. The van der Waals surface area contributed by atoms with Gasteiger partial charge in [-0.1, -0.05) is 19.1 Å². The maximum atomic E-state index is 12.9. The van der Waals surface area contributed by atoms with Gasteiger partial charge in [0.1, 0.15) is 5.75 Å². The average Bonchev–Trinajstić information content (AvgIpc) is 3.17. The predicted octanol–water partition coefficient (Wildman–Crippen LogP) is 4.78. The van der Waals surface area contributed by atoms with Gasteiger partial charge in [0, 0.05) is 0 Å². The molecule has 0 saturated heterocycles. The molecule has 1 aliphatic carbocycles. The zero-order chi connectivity index (χ0) is 14.0. The van der Waals surface area contributed by atoms with Crippen LogP contribution in [0.4, 0.5) is 13.2 Å².